The molecule has 2 rings (SSSR count). The maximum absolute atomic E-state index is 13.0. The van der Waals surface area contributed by atoms with E-state index in [0.29, 0.717) is 0 Å². The zero-order valence-electron chi connectivity index (χ0n) is 13.9. The van der Waals surface area contributed by atoms with Crippen LogP contribution in [0.2, 0.25) is 0 Å². The summed E-state index contributed by atoms with van der Waals surface area (Å²) in [5.74, 6) is -0.973. The van der Waals surface area contributed by atoms with Crippen LogP contribution in [0.3, 0.4) is 0 Å². The molecule has 1 aromatic rings. The van der Waals surface area contributed by atoms with Crippen molar-refractivity contribution in [3.63, 3.8) is 0 Å². The molecule has 0 spiro atoms. The van der Waals surface area contributed by atoms with E-state index in [4.69, 9.17) is 0 Å². The van der Waals surface area contributed by atoms with Gasteiger partial charge in [0.1, 0.15) is 0 Å². The molecule has 0 bridgehead atoms. The number of benzene rings is 1. The predicted octanol–water partition coefficient (Wildman–Crippen LogP) is 4.52. The molecule has 1 saturated carbocycles. The van der Waals surface area contributed by atoms with Crippen LogP contribution in [0, 0.1) is 11.3 Å². The van der Waals surface area contributed by atoms with Gasteiger partial charge in [-0.3, -0.25) is 9.36 Å². The summed E-state index contributed by atoms with van der Waals surface area (Å²) in [7, 11) is -3.63. The quantitative estimate of drug-likeness (QED) is 0.748. The molecule has 1 aromatic carbocycles. The number of hydrogen-bond donors (Lipinski definition) is 2. The Bertz CT molecular complexity index is 580. The molecule has 0 radical (unpaired) electrons. The van der Waals surface area contributed by atoms with Gasteiger partial charge in [0.25, 0.3) is 0 Å². The molecule has 0 amide bonds. The molecule has 1 fully saturated rings. The predicted molar refractivity (Wildman–Crippen MR) is 91.8 cm³/mol. The van der Waals surface area contributed by atoms with Crippen LogP contribution in [0.4, 0.5) is 0 Å². The second-order valence-corrected chi connectivity index (χ2v) is 9.60. The fraction of sp³-hybridized carbons (Fsp3) is 0.611. The van der Waals surface area contributed by atoms with Gasteiger partial charge in [-0.2, -0.15) is 0 Å². The van der Waals surface area contributed by atoms with E-state index in [1.807, 2.05) is 30.3 Å². The fourth-order valence-electron chi connectivity index (χ4n) is 3.80. The van der Waals surface area contributed by atoms with Crippen LogP contribution in [0.15, 0.2) is 30.3 Å². The first kappa shape index (κ1) is 18.2. The van der Waals surface area contributed by atoms with Crippen molar-refractivity contribution in [2.24, 2.45) is 11.3 Å². The van der Waals surface area contributed by atoms with E-state index in [-0.39, 0.29) is 12.1 Å². The number of carboxylic acids is 1. The average Bonchev–Trinajstić information content (AvgIpc) is 2.54. The maximum atomic E-state index is 13.0. The van der Waals surface area contributed by atoms with E-state index < -0.39 is 24.4 Å². The van der Waals surface area contributed by atoms with E-state index >= 15 is 0 Å². The second-order valence-electron chi connectivity index (χ2n) is 7.00. The molecule has 0 heterocycles. The smallest absolute Gasteiger partial charge is 0.310 e. The Kier molecular flexibility index (Phi) is 5.70. The molecule has 23 heavy (non-hydrogen) atoms. The van der Waals surface area contributed by atoms with E-state index in [1.54, 1.807) is 13.8 Å². The van der Waals surface area contributed by atoms with Crippen LogP contribution in [-0.4, -0.2) is 21.6 Å². The number of hydrogen-bond acceptors (Lipinski definition) is 2. The molecule has 0 saturated heterocycles. The SMILES string of the molecule is CC(C(C)(C(=O)O)C1CCCCC1)P(=O)(O)Cc1ccccc1. The standard InChI is InChI=1S/C18H27O4P/c1-14(23(21,22)13-15-9-5-3-6-10-15)18(2,17(19)20)16-11-7-4-8-12-16/h3,5-6,9-10,14,16H,4,7-8,11-13H2,1-2H3,(H,19,20)(H,21,22). The number of aliphatic carboxylic acids is 1. The monoisotopic (exact) mass is 338 g/mol. The molecule has 1 aliphatic carbocycles. The molecule has 128 valence electrons. The first-order valence-corrected chi connectivity index (χ1v) is 10.3. The molecule has 0 aliphatic heterocycles. The molecule has 1 aliphatic rings. The van der Waals surface area contributed by atoms with Crippen LogP contribution in [0.25, 0.3) is 0 Å². The van der Waals surface area contributed by atoms with Gasteiger partial charge in [0.05, 0.1) is 5.41 Å². The lowest BCUT2D eigenvalue weighted by molar-refractivity contribution is -0.152. The van der Waals surface area contributed by atoms with E-state index in [2.05, 4.69) is 0 Å². The van der Waals surface area contributed by atoms with Crippen molar-refractivity contribution in [1.82, 2.24) is 0 Å². The van der Waals surface area contributed by atoms with Crippen LogP contribution < -0.4 is 0 Å². The van der Waals surface area contributed by atoms with Crippen molar-refractivity contribution in [2.75, 3.05) is 0 Å². The van der Waals surface area contributed by atoms with Crippen molar-refractivity contribution >= 4 is 13.3 Å². The zero-order valence-corrected chi connectivity index (χ0v) is 14.8. The van der Waals surface area contributed by atoms with Crippen molar-refractivity contribution in [2.45, 2.75) is 57.8 Å². The molecule has 4 nitrogen and oxygen atoms in total. The van der Waals surface area contributed by atoms with Crippen LogP contribution in [0.5, 0.6) is 0 Å². The number of carboxylic acid groups (broad SMARTS) is 1. The van der Waals surface area contributed by atoms with Gasteiger partial charge >= 0.3 is 5.97 Å². The zero-order chi connectivity index (χ0) is 17.1. The van der Waals surface area contributed by atoms with E-state index in [9.17, 15) is 19.4 Å². The highest BCUT2D eigenvalue weighted by Gasteiger charge is 2.52. The van der Waals surface area contributed by atoms with E-state index in [0.717, 1.165) is 37.7 Å². The Hall–Kier alpha value is -1.12. The van der Waals surface area contributed by atoms with Gasteiger partial charge in [-0.1, -0.05) is 56.5 Å². The maximum Gasteiger partial charge on any atom is 0.310 e. The minimum atomic E-state index is -3.63. The molecule has 3 unspecified atom stereocenters. The van der Waals surface area contributed by atoms with Crippen molar-refractivity contribution in [3.8, 4) is 0 Å². The summed E-state index contributed by atoms with van der Waals surface area (Å²) in [4.78, 5) is 22.7. The third-order valence-corrected chi connectivity index (χ3v) is 8.20. The lowest BCUT2D eigenvalue weighted by atomic mass is 9.68. The second kappa shape index (κ2) is 7.19. The van der Waals surface area contributed by atoms with Gasteiger partial charge < -0.3 is 10.00 Å². The summed E-state index contributed by atoms with van der Waals surface area (Å²) in [5.41, 5.74) is -1.14. The van der Waals surface area contributed by atoms with Crippen molar-refractivity contribution in [3.05, 3.63) is 35.9 Å². The Morgan fingerprint density at radius 1 is 1.26 bits per heavy atom. The van der Waals surface area contributed by atoms with Gasteiger partial charge in [0.15, 0.2) is 0 Å². The minimum absolute atomic E-state index is 0.0278. The summed E-state index contributed by atoms with van der Waals surface area (Å²) >= 11 is 0. The fourth-order valence-corrected chi connectivity index (χ4v) is 5.96. The third-order valence-electron chi connectivity index (χ3n) is 5.64. The van der Waals surface area contributed by atoms with Gasteiger partial charge in [-0.05, 0) is 31.2 Å². The molecular formula is C18H27O4P. The highest BCUT2D eigenvalue weighted by Crippen LogP contribution is 2.59. The number of rotatable bonds is 6. The summed E-state index contributed by atoms with van der Waals surface area (Å²) in [6.45, 7) is 3.32. The van der Waals surface area contributed by atoms with Gasteiger partial charge in [0, 0.05) is 11.8 Å². The summed E-state index contributed by atoms with van der Waals surface area (Å²) in [6, 6.07) is 9.15. The topological polar surface area (TPSA) is 74.6 Å². The van der Waals surface area contributed by atoms with E-state index in [1.165, 1.54) is 0 Å². The third kappa shape index (κ3) is 3.87. The van der Waals surface area contributed by atoms with Crippen LogP contribution in [0.1, 0.15) is 51.5 Å². The van der Waals surface area contributed by atoms with Crippen molar-refractivity contribution < 1.29 is 19.4 Å². The van der Waals surface area contributed by atoms with Gasteiger partial charge in [0.2, 0.25) is 7.37 Å². The van der Waals surface area contributed by atoms with Crippen LogP contribution >= 0.6 is 7.37 Å². The largest absolute Gasteiger partial charge is 0.481 e. The molecular weight excluding hydrogens is 311 g/mol. The summed E-state index contributed by atoms with van der Waals surface area (Å²) in [5, 5.41) is 9.85. The Balaban J connectivity index is 2.27. The van der Waals surface area contributed by atoms with Crippen molar-refractivity contribution in [1.29, 1.82) is 0 Å². The van der Waals surface area contributed by atoms with Gasteiger partial charge in [-0.25, -0.2) is 0 Å². The summed E-state index contributed by atoms with van der Waals surface area (Å²) < 4.78 is 13.0. The summed E-state index contributed by atoms with van der Waals surface area (Å²) in [6.07, 6.45) is 4.84. The number of carbonyl (C=O) groups is 1. The molecule has 3 atom stereocenters. The van der Waals surface area contributed by atoms with Gasteiger partial charge in [-0.15, -0.1) is 0 Å². The lowest BCUT2D eigenvalue weighted by Gasteiger charge is -2.42. The minimum Gasteiger partial charge on any atom is -0.481 e. The molecule has 2 N–H and O–H groups in total. The Morgan fingerprint density at radius 2 is 1.83 bits per heavy atom. The first-order chi connectivity index (χ1) is 10.8. The highest BCUT2D eigenvalue weighted by atomic mass is 31.2. The molecule has 0 aromatic heterocycles. The highest BCUT2D eigenvalue weighted by molar-refractivity contribution is 7.58. The average molecular weight is 338 g/mol. The first-order valence-electron chi connectivity index (χ1n) is 8.37. The lowest BCUT2D eigenvalue weighted by Crippen LogP contribution is -2.45. The van der Waals surface area contributed by atoms with Crippen LogP contribution in [-0.2, 0) is 15.5 Å². The molecule has 5 heteroatoms. The Labute approximate surface area is 138 Å². The normalized spacial score (nSPS) is 22.7. The Morgan fingerprint density at radius 3 is 2.35 bits per heavy atom.